The lowest BCUT2D eigenvalue weighted by molar-refractivity contribution is 0.244. The minimum Gasteiger partial charge on any atom is -0.306 e. The second-order valence-electron chi connectivity index (χ2n) is 5.50. The van der Waals surface area contributed by atoms with Crippen molar-refractivity contribution in [2.24, 2.45) is 0 Å². The van der Waals surface area contributed by atoms with Crippen LogP contribution in [-0.2, 0) is 0 Å². The maximum atomic E-state index is 4.37. The highest BCUT2D eigenvalue weighted by atomic mass is 15.3. The third-order valence-electron chi connectivity index (χ3n) is 3.84. The Labute approximate surface area is 114 Å². The first-order valence-corrected chi connectivity index (χ1v) is 6.89. The molecule has 1 aliphatic rings. The van der Waals surface area contributed by atoms with E-state index in [1.807, 2.05) is 6.33 Å². The fraction of sp³-hybridized carbons (Fsp3) is 0.467. The van der Waals surface area contributed by atoms with Gasteiger partial charge in [-0.2, -0.15) is 0 Å². The number of hydrogen-bond acceptors (Lipinski definition) is 3. The number of aryl methyl sites for hydroxylation is 1. The Morgan fingerprint density at radius 1 is 1.32 bits per heavy atom. The van der Waals surface area contributed by atoms with Crippen molar-refractivity contribution in [1.29, 1.82) is 0 Å². The molecule has 0 N–H and O–H groups in total. The summed E-state index contributed by atoms with van der Waals surface area (Å²) in [6.07, 6.45) is 4.27. The highest BCUT2D eigenvalue weighted by Crippen LogP contribution is 2.26. The zero-order valence-corrected chi connectivity index (χ0v) is 11.6. The summed E-state index contributed by atoms with van der Waals surface area (Å²) < 4.78 is 2.14. The van der Waals surface area contributed by atoms with Gasteiger partial charge in [-0.3, -0.25) is 4.57 Å². The Hall–Kier alpha value is -1.68. The van der Waals surface area contributed by atoms with Gasteiger partial charge in [-0.05, 0) is 51.1 Å². The largest absolute Gasteiger partial charge is 0.306 e. The lowest BCUT2D eigenvalue weighted by Crippen LogP contribution is -2.32. The van der Waals surface area contributed by atoms with E-state index in [0.717, 1.165) is 18.1 Å². The summed E-state index contributed by atoms with van der Waals surface area (Å²) in [5.74, 6) is 1.58. The molecular weight excluding hydrogens is 236 g/mol. The average molecular weight is 256 g/mol. The van der Waals surface area contributed by atoms with Crippen LogP contribution in [-0.4, -0.2) is 39.8 Å². The average Bonchev–Trinajstić information content (AvgIpc) is 2.88. The van der Waals surface area contributed by atoms with Crippen molar-refractivity contribution in [3.05, 3.63) is 42.0 Å². The number of aromatic nitrogens is 3. The topological polar surface area (TPSA) is 34.0 Å². The molecule has 2 aromatic rings. The molecule has 0 spiro atoms. The third kappa shape index (κ3) is 2.54. The standard InChI is InChI=1S/C15H20N4/c1-12-5-3-7-14(9-12)19-11-16-17-15(19)13-6-4-8-18(2)10-13/h3,5,7,9,11,13H,4,6,8,10H2,1-2H3/t13-/m1/s1. The van der Waals surface area contributed by atoms with Crippen LogP contribution in [0, 0.1) is 6.92 Å². The van der Waals surface area contributed by atoms with Gasteiger partial charge in [0.2, 0.25) is 0 Å². The zero-order chi connectivity index (χ0) is 13.2. The van der Waals surface area contributed by atoms with Crippen molar-refractivity contribution in [3.8, 4) is 5.69 Å². The molecule has 19 heavy (non-hydrogen) atoms. The fourth-order valence-corrected chi connectivity index (χ4v) is 2.88. The van der Waals surface area contributed by atoms with Gasteiger partial charge >= 0.3 is 0 Å². The van der Waals surface area contributed by atoms with Gasteiger partial charge in [0.1, 0.15) is 12.2 Å². The molecule has 3 rings (SSSR count). The predicted molar refractivity (Wildman–Crippen MR) is 75.6 cm³/mol. The minimum absolute atomic E-state index is 0.488. The molecule has 0 aliphatic carbocycles. The molecule has 4 heteroatoms. The summed E-state index contributed by atoms with van der Waals surface area (Å²) >= 11 is 0. The quantitative estimate of drug-likeness (QED) is 0.827. The molecule has 0 amide bonds. The van der Waals surface area contributed by atoms with E-state index in [4.69, 9.17) is 0 Å². The zero-order valence-electron chi connectivity index (χ0n) is 11.6. The van der Waals surface area contributed by atoms with E-state index in [0.29, 0.717) is 5.92 Å². The van der Waals surface area contributed by atoms with E-state index >= 15 is 0 Å². The molecule has 0 unspecified atom stereocenters. The second-order valence-corrected chi connectivity index (χ2v) is 5.50. The molecule has 1 atom stereocenters. The van der Waals surface area contributed by atoms with E-state index in [1.54, 1.807) is 0 Å². The van der Waals surface area contributed by atoms with Gasteiger partial charge in [0.25, 0.3) is 0 Å². The van der Waals surface area contributed by atoms with Gasteiger partial charge in [0.05, 0.1) is 0 Å². The van der Waals surface area contributed by atoms with Crippen LogP contribution in [0.25, 0.3) is 5.69 Å². The monoisotopic (exact) mass is 256 g/mol. The molecule has 2 heterocycles. The first-order chi connectivity index (χ1) is 9.24. The maximum absolute atomic E-state index is 4.37. The molecule has 1 aliphatic heterocycles. The highest BCUT2D eigenvalue weighted by Gasteiger charge is 2.23. The lowest BCUT2D eigenvalue weighted by Gasteiger charge is -2.29. The fourth-order valence-electron chi connectivity index (χ4n) is 2.88. The molecule has 1 aromatic heterocycles. The van der Waals surface area contributed by atoms with E-state index in [1.165, 1.54) is 24.9 Å². The Bertz CT molecular complexity index is 561. The van der Waals surface area contributed by atoms with Crippen LogP contribution >= 0.6 is 0 Å². The number of benzene rings is 1. The number of nitrogens with zero attached hydrogens (tertiary/aromatic N) is 4. The van der Waals surface area contributed by atoms with E-state index in [9.17, 15) is 0 Å². The summed E-state index contributed by atoms with van der Waals surface area (Å²) in [6.45, 7) is 4.38. The molecule has 0 radical (unpaired) electrons. The van der Waals surface area contributed by atoms with Crippen LogP contribution in [0.4, 0.5) is 0 Å². The molecule has 100 valence electrons. The normalized spacial score (nSPS) is 20.6. The number of likely N-dealkylation sites (N-methyl/N-ethyl adjacent to an activating group) is 1. The Morgan fingerprint density at radius 3 is 3.00 bits per heavy atom. The number of rotatable bonds is 2. The van der Waals surface area contributed by atoms with Crippen molar-refractivity contribution in [1.82, 2.24) is 19.7 Å². The number of hydrogen-bond donors (Lipinski definition) is 0. The maximum Gasteiger partial charge on any atom is 0.141 e. The Kier molecular flexibility index (Phi) is 3.34. The Morgan fingerprint density at radius 2 is 2.21 bits per heavy atom. The van der Waals surface area contributed by atoms with Gasteiger partial charge in [0.15, 0.2) is 0 Å². The minimum atomic E-state index is 0.488. The molecule has 1 aromatic carbocycles. The molecule has 1 fully saturated rings. The van der Waals surface area contributed by atoms with Crippen LogP contribution in [0.2, 0.25) is 0 Å². The number of piperidine rings is 1. The van der Waals surface area contributed by atoms with Gasteiger partial charge in [0, 0.05) is 18.2 Å². The van der Waals surface area contributed by atoms with Crippen molar-refractivity contribution < 1.29 is 0 Å². The smallest absolute Gasteiger partial charge is 0.141 e. The second kappa shape index (κ2) is 5.13. The summed E-state index contributed by atoms with van der Waals surface area (Å²) in [7, 11) is 2.18. The molecule has 0 saturated carbocycles. The Balaban J connectivity index is 1.94. The van der Waals surface area contributed by atoms with Crippen LogP contribution in [0.3, 0.4) is 0 Å². The van der Waals surface area contributed by atoms with Crippen molar-refractivity contribution in [2.75, 3.05) is 20.1 Å². The van der Waals surface area contributed by atoms with Gasteiger partial charge in [-0.15, -0.1) is 10.2 Å². The summed E-state index contributed by atoms with van der Waals surface area (Å²) in [4.78, 5) is 2.38. The summed E-state index contributed by atoms with van der Waals surface area (Å²) in [6, 6.07) is 8.50. The lowest BCUT2D eigenvalue weighted by atomic mass is 9.97. The van der Waals surface area contributed by atoms with Gasteiger partial charge in [-0.1, -0.05) is 12.1 Å². The van der Waals surface area contributed by atoms with Crippen molar-refractivity contribution in [2.45, 2.75) is 25.7 Å². The van der Waals surface area contributed by atoms with Gasteiger partial charge in [-0.25, -0.2) is 0 Å². The first kappa shape index (κ1) is 12.4. The third-order valence-corrected chi connectivity index (χ3v) is 3.84. The van der Waals surface area contributed by atoms with E-state index < -0.39 is 0 Å². The van der Waals surface area contributed by atoms with Crippen LogP contribution < -0.4 is 0 Å². The highest BCUT2D eigenvalue weighted by molar-refractivity contribution is 5.36. The van der Waals surface area contributed by atoms with E-state index in [2.05, 4.69) is 57.9 Å². The van der Waals surface area contributed by atoms with E-state index in [-0.39, 0.29) is 0 Å². The molecular formula is C15H20N4. The summed E-state index contributed by atoms with van der Waals surface area (Å²) in [5.41, 5.74) is 2.42. The predicted octanol–water partition coefficient (Wildman–Crippen LogP) is 2.38. The van der Waals surface area contributed by atoms with Crippen molar-refractivity contribution in [3.63, 3.8) is 0 Å². The first-order valence-electron chi connectivity index (χ1n) is 6.89. The van der Waals surface area contributed by atoms with Crippen LogP contribution in [0.5, 0.6) is 0 Å². The molecule has 0 bridgehead atoms. The van der Waals surface area contributed by atoms with Crippen LogP contribution in [0.15, 0.2) is 30.6 Å². The van der Waals surface area contributed by atoms with Crippen LogP contribution in [0.1, 0.15) is 30.1 Å². The van der Waals surface area contributed by atoms with Gasteiger partial charge < -0.3 is 4.90 Å². The number of likely N-dealkylation sites (tertiary alicyclic amines) is 1. The molecule has 1 saturated heterocycles. The summed E-state index contributed by atoms with van der Waals surface area (Å²) in [5, 5.41) is 8.49. The van der Waals surface area contributed by atoms with Crippen molar-refractivity contribution >= 4 is 0 Å². The molecule has 4 nitrogen and oxygen atoms in total. The SMILES string of the molecule is Cc1cccc(-n2cnnc2[C@@H]2CCCN(C)C2)c1.